The lowest BCUT2D eigenvalue weighted by molar-refractivity contribution is -0.0893. The smallest absolute Gasteiger partial charge is 0.309 e. The van der Waals surface area contributed by atoms with E-state index in [-0.39, 0.29) is 0 Å². The summed E-state index contributed by atoms with van der Waals surface area (Å²) in [5.74, 6) is 1.75. The van der Waals surface area contributed by atoms with Gasteiger partial charge in [-0.2, -0.15) is 0 Å². The average Bonchev–Trinajstić information content (AvgIpc) is 3.45. The average molecular weight is 604 g/mol. The van der Waals surface area contributed by atoms with Crippen molar-refractivity contribution in [2.45, 2.75) is 38.9 Å². The molecular formula is C39H34BN3O3. The van der Waals surface area contributed by atoms with Crippen molar-refractivity contribution >= 4 is 34.9 Å². The van der Waals surface area contributed by atoms with Gasteiger partial charge in [0.1, 0.15) is 11.2 Å². The fourth-order valence-corrected chi connectivity index (χ4v) is 5.29. The Balaban J connectivity index is 1.30. The van der Waals surface area contributed by atoms with Crippen molar-refractivity contribution in [1.29, 1.82) is 0 Å². The number of aliphatic hydroxyl groups is 1. The molecule has 0 radical (unpaired) electrons. The predicted octanol–water partition coefficient (Wildman–Crippen LogP) is 7.98. The molecule has 226 valence electrons. The first-order valence-electron chi connectivity index (χ1n) is 15.4. The van der Waals surface area contributed by atoms with Gasteiger partial charge in [0, 0.05) is 27.5 Å². The standard InChI is InChI=1S/C39H34BN3O3/c1-38(2,44)39(3,4)46-40-30-20-17-26(18-21-30)35-41-36(28-14-10-13-27(23-28)25-11-6-5-7-12-25)43-37(42-35)29-19-22-34-32(24-29)31-15-8-9-16-33(31)45-34/h5-24,40,44H,1-4H3. The first-order valence-corrected chi connectivity index (χ1v) is 15.4. The molecule has 0 saturated carbocycles. The van der Waals surface area contributed by atoms with E-state index in [9.17, 15) is 5.11 Å². The van der Waals surface area contributed by atoms with Crippen molar-refractivity contribution in [2.24, 2.45) is 0 Å². The molecule has 0 aliphatic heterocycles. The molecule has 6 nitrogen and oxygen atoms in total. The van der Waals surface area contributed by atoms with Crippen LogP contribution in [0.4, 0.5) is 0 Å². The third kappa shape index (κ3) is 5.83. The Hall–Kier alpha value is -5.11. The first kappa shape index (κ1) is 29.6. The predicted molar refractivity (Wildman–Crippen MR) is 187 cm³/mol. The Kier molecular flexibility index (Phi) is 7.51. The lowest BCUT2D eigenvalue weighted by atomic mass is 9.82. The minimum absolute atomic E-state index is 0.371. The van der Waals surface area contributed by atoms with Gasteiger partial charge in [0.25, 0.3) is 0 Å². The van der Waals surface area contributed by atoms with Gasteiger partial charge in [-0.05, 0) is 69.2 Å². The van der Waals surface area contributed by atoms with E-state index in [4.69, 9.17) is 24.0 Å². The van der Waals surface area contributed by atoms with Gasteiger partial charge < -0.3 is 14.2 Å². The lowest BCUT2D eigenvalue weighted by Crippen LogP contribution is -2.49. The number of nitrogens with zero attached hydrogens (tertiary/aromatic N) is 3. The maximum atomic E-state index is 10.5. The van der Waals surface area contributed by atoms with E-state index in [1.807, 2.05) is 98.8 Å². The fourth-order valence-electron chi connectivity index (χ4n) is 5.29. The highest BCUT2D eigenvalue weighted by Crippen LogP contribution is 2.33. The summed E-state index contributed by atoms with van der Waals surface area (Å²) in [6, 6.07) is 40.7. The molecule has 0 bridgehead atoms. The van der Waals surface area contributed by atoms with Crippen molar-refractivity contribution < 1.29 is 14.2 Å². The molecule has 7 heteroatoms. The van der Waals surface area contributed by atoms with Gasteiger partial charge in [-0.25, -0.2) is 15.0 Å². The maximum Gasteiger partial charge on any atom is 0.309 e. The zero-order chi connectivity index (χ0) is 31.9. The molecule has 0 aliphatic carbocycles. The first-order chi connectivity index (χ1) is 22.1. The molecule has 46 heavy (non-hydrogen) atoms. The van der Waals surface area contributed by atoms with Crippen LogP contribution in [0.25, 0.3) is 67.2 Å². The second kappa shape index (κ2) is 11.7. The quantitative estimate of drug-likeness (QED) is 0.178. The lowest BCUT2D eigenvalue weighted by Gasteiger charge is -2.37. The minimum atomic E-state index is -0.978. The van der Waals surface area contributed by atoms with Crippen LogP contribution in [0.1, 0.15) is 27.7 Å². The number of hydrogen-bond donors (Lipinski definition) is 1. The molecule has 0 unspecified atom stereocenters. The molecule has 2 heterocycles. The van der Waals surface area contributed by atoms with Crippen LogP contribution >= 0.6 is 0 Å². The minimum Gasteiger partial charge on any atom is -0.456 e. The molecular weight excluding hydrogens is 569 g/mol. The van der Waals surface area contributed by atoms with Gasteiger partial charge in [-0.3, -0.25) is 0 Å². The molecule has 1 N–H and O–H groups in total. The summed E-state index contributed by atoms with van der Waals surface area (Å²) in [7, 11) is 0.371. The summed E-state index contributed by atoms with van der Waals surface area (Å²) in [5, 5.41) is 12.5. The van der Waals surface area contributed by atoms with E-state index in [2.05, 4.69) is 36.4 Å². The van der Waals surface area contributed by atoms with E-state index in [0.29, 0.717) is 25.0 Å². The van der Waals surface area contributed by atoms with Crippen molar-refractivity contribution in [3.05, 3.63) is 121 Å². The van der Waals surface area contributed by atoms with E-state index in [0.717, 1.165) is 55.2 Å². The zero-order valence-electron chi connectivity index (χ0n) is 26.4. The van der Waals surface area contributed by atoms with Crippen LogP contribution in [-0.2, 0) is 4.65 Å². The number of aromatic nitrogens is 3. The number of hydrogen-bond acceptors (Lipinski definition) is 6. The highest BCUT2D eigenvalue weighted by Gasteiger charge is 2.35. The topological polar surface area (TPSA) is 81.3 Å². The second-order valence-electron chi connectivity index (χ2n) is 12.6. The summed E-state index contributed by atoms with van der Waals surface area (Å²) in [4.78, 5) is 15.0. The van der Waals surface area contributed by atoms with Crippen LogP contribution in [0.3, 0.4) is 0 Å². The summed E-state index contributed by atoms with van der Waals surface area (Å²) in [6.07, 6.45) is 0. The van der Waals surface area contributed by atoms with Crippen LogP contribution in [-0.4, -0.2) is 38.7 Å². The molecule has 7 aromatic rings. The largest absolute Gasteiger partial charge is 0.456 e. The Bertz CT molecular complexity index is 2170. The van der Waals surface area contributed by atoms with E-state index in [1.54, 1.807) is 13.8 Å². The zero-order valence-corrected chi connectivity index (χ0v) is 26.4. The summed E-state index contributed by atoms with van der Waals surface area (Å²) < 4.78 is 12.2. The van der Waals surface area contributed by atoms with Crippen molar-refractivity contribution in [3.63, 3.8) is 0 Å². The van der Waals surface area contributed by atoms with Crippen LogP contribution < -0.4 is 5.46 Å². The van der Waals surface area contributed by atoms with Crippen LogP contribution in [0, 0.1) is 0 Å². The molecule has 0 atom stereocenters. The number of para-hydroxylation sites is 1. The Morgan fingerprint density at radius 2 is 1.11 bits per heavy atom. The molecule has 0 amide bonds. The molecule has 0 aliphatic rings. The maximum absolute atomic E-state index is 10.5. The highest BCUT2D eigenvalue weighted by atomic mass is 16.5. The normalized spacial score (nSPS) is 12.1. The van der Waals surface area contributed by atoms with Crippen LogP contribution in [0.2, 0.25) is 0 Å². The Labute approximate surface area is 269 Å². The van der Waals surface area contributed by atoms with Gasteiger partial charge in [-0.15, -0.1) is 0 Å². The summed E-state index contributed by atoms with van der Waals surface area (Å²) in [5.41, 5.74) is 5.83. The van der Waals surface area contributed by atoms with Crippen molar-refractivity contribution in [1.82, 2.24) is 15.0 Å². The van der Waals surface area contributed by atoms with Crippen molar-refractivity contribution in [2.75, 3.05) is 0 Å². The molecule has 0 spiro atoms. The van der Waals surface area contributed by atoms with Crippen LogP contribution in [0.15, 0.2) is 126 Å². The van der Waals surface area contributed by atoms with E-state index >= 15 is 0 Å². The Morgan fingerprint density at radius 1 is 0.543 bits per heavy atom. The molecule has 2 aromatic heterocycles. The molecule has 7 rings (SSSR count). The number of benzene rings is 5. The number of rotatable bonds is 8. The highest BCUT2D eigenvalue weighted by molar-refractivity contribution is 6.47. The Morgan fingerprint density at radius 3 is 1.83 bits per heavy atom. The van der Waals surface area contributed by atoms with Gasteiger partial charge >= 0.3 is 7.48 Å². The van der Waals surface area contributed by atoms with E-state index < -0.39 is 11.2 Å². The second-order valence-corrected chi connectivity index (χ2v) is 12.6. The number of furan rings is 1. The van der Waals surface area contributed by atoms with E-state index in [1.165, 1.54) is 0 Å². The SMILES string of the molecule is CC(C)(O)C(C)(C)OBc1ccc(-c2nc(-c3cccc(-c4ccccc4)c3)nc(-c3ccc4oc5ccccc5c4c3)n2)cc1. The fraction of sp³-hybridized carbons (Fsp3) is 0.154. The molecule has 0 fully saturated rings. The van der Waals surface area contributed by atoms with Gasteiger partial charge in [-0.1, -0.05) is 96.5 Å². The monoisotopic (exact) mass is 603 g/mol. The molecule has 0 saturated heterocycles. The van der Waals surface area contributed by atoms with Crippen LogP contribution in [0.5, 0.6) is 0 Å². The van der Waals surface area contributed by atoms with Gasteiger partial charge in [0.15, 0.2) is 17.5 Å². The van der Waals surface area contributed by atoms with Gasteiger partial charge in [0.05, 0.1) is 11.2 Å². The summed E-state index contributed by atoms with van der Waals surface area (Å²) in [6.45, 7) is 7.31. The summed E-state index contributed by atoms with van der Waals surface area (Å²) >= 11 is 0. The number of fused-ring (bicyclic) bond motifs is 3. The third-order valence-corrected chi connectivity index (χ3v) is 8.78. The van der Waals surface area contributed by atoms with Crippen molar-refractivity contribution in [3.8, 4) is 45.3 Å². The van der Waals surface area contributed by atoms with Gasteiger partial charge in [0.2, 0.25) is 0 Å². The third-order valence-electron chi connectivity index (χ3n) is 8.78. The molecule has 5 aromatic carbocycles.